The van der Waals surface area contributed by atoms with Gasteiger partial charge in [-0.15, -0.1) is 0 Å². The highest BCUT2D eigenvalue weighted by molar-refractivity contribution is 7.89. The van der Waals surface area contributed by atoms with Crippen LogP contribution in [0.1, 0.15) is 11.1 Å². The van der Waals surface area contributed by atoms with Crippen LogP contribution in [0.5, 0.6) is 23.0 Å². The summed E-state index contributed by atoms with van der Waals surface area (Å²) in [5.41, 5.74) is 6.96. The average Bonchev–Trinajstić information content (AvgIpc) is 2.73. The highest BCUT2D eigenvalue weighted by atomic mass is 32.2. The minimum Gasteiger partial charge on any atom is -0.497 e. The normalized spacial score (nSPS) is 11.4. The Morgan fingerprint density at radius 1 is 0.793 bits per heavy atom. The van der Waals surface area contributed by atoms with Crippen LogP contribution < -0.4 is 24.7 Å². The lowest BCUT2D eigenvalue weighted by molar-refractivity contribution is 0.358. The van der Waals surface area contributed by atoms with Gasteiger partial charge < -0.3 is 24.7 Å². The SMILES string of the molecule is COc1ccc(CN(Cc2ccc(OC)cc2OC)S(=O)(=O)CCN)c(OC)c1. The van der Waals surface area contributed by atoms with E-state index in [0.29, 0.717) is 34.1 Å². The van der Waals surface area contributed by atoms with Crippen molar-refractivity contribution in [2.24, 2.45) is 5.73 Å². The Morgan fingerprint density at radius 3 is 1.59 bits per heavy atom. The molecule has 0 fully saturated rings. The van der Waals surface area contributed by atoms with E-state index in [1.165, 1.54) is 18.5 Å². The Morgan fingerprint density at radius 2 is 1.24 bits per heavy atom. The van der Waals surface area contributed by atoms with Crippen LogP contribution in [-0.4, -0.2) is 53.5 Å². The molecule has 2 aromatic rings. The number of sulfonamides is 1. The molecule has 2 rings (SSSR count). The van der Waals surface area contributed by atoms with Gasteiger partial charge in [-0.05, 0) is 12.1 Å². The molecule has 0 unspecified atom stereocenters. The summed E-state index contributed by atoms with van der Waals surface area (Å²) < 4.78 is 48.4. The first-order valence-corrected chi connectivity index (χ1v) is 10.6. The van der Waals surface area contributed by atoms with Gasteiger partial charge in [0.15, 0.2) is 0 Å². The number of rotatable bonds is 11. The Bertz CT molecular complexity index is 860. The zero-order chi connectivity index (χ0) is 21.4. The summed E-state index contributed by atoms with van der Waals surface area (Å²) in [4.78, 5) is 0. The third-order valence-electron chi connectivity index (χ3n) is 4.45. The van der Waals surface area contributed by atoms with Gasteiger partial charge >= 0.3 is 0 Å². The number of nitrogens with zero attached hydrogens (tertiary/aromatic N) is 1. The van der Waals surface area contributed by atoms with Gasteiger partial charge in [0.2, 0.25) is 10.0 Å². The maximum Gasteiger partial charge on any atom is 0.215 e. The molecule has 0 heterocycles. The first-order valence-electron chi connectivity index (χ1n) is 8.98. The van der Waals surface area contributed by atoms with Gasteiger partial charge in [-0.3, -0.25) is 0 Å². The molecule has 0 aliphatic rings. The molecular weight excluding hydrogens is 396 g/mol. The van der Waals surface area contributed by atoms with Crippen LogP contribution in [0.4, 0.5) is 0 Å². The number of methoxy groups -OCH3 is 4. The topological polar surface area (TPSA) is 100 Å². The van der Waals surface area contributed by atoms with Crippen LogP contribution in [0.2, 0.25) is 0 Å². The van der Waals surface area contributed by atoms with E-state index in [0.717, 1.165) is 0 Å². The summed E-state index contributed by atoms with van der Waals surface area (Å²) in [7, 11) is 2.56. The molecule has 0 spiro atoms. The van der Waals surface area contributed by atoms with Crippen molar-refractivity contribution in [2.45, 2.75) is 13.1 Å². The van der Waals surface area contributed by atoms with Crippen LogP contribution in [0.25, 0.3) is 0 Å². The minimum absolute atomic E-state index is 0.0261. The van der Waals surface area contributed by atoms with Gasteiger partial charge in [0.25, 0.3) is 0 Å². The van der Waals surface area contributed by atoms with Crippen molar-refractivity contribution in [1.82, 2.24) is 4.31 Å². The molecule has 0 saturated heterocycles. The third kappa shape index (κ3) is 5.75. The summed E-state index contributed by atoms with van der Waals surface area (Å²) >= 11 is 0. The predicted molar refractivity (Wildman–Crippen MR) is 111 cm³/mol. The lowest BCUT2D eigenvalue weighted by atomic mass is 10.1. The molecule has 0 bridgehead atoms. The van der Waals surface area contributed by atoms with E-state index in [1.54, 1.807) is 50.6 Å². The molecule has 9 heteroatoms. The zero-order valence-corrected chi connectivity index (χ0v) is 18.0. The zero-order valence-electron chi connectivity index (χ0n) is 17.2. The average molecular weight is 425 g/mol. The van der Waals surface area contributed by atoms with Gasteiger partial charge in [0.05, 0.1) is 34.2 Å². The minimum atomic E-state index is -3.62. The summed E-state index contributed by atoms with van der Waals surface area (Å²) in [5, 5.41) is 0. The second kappa shape index (κ2) is 10.3. The second-order valence-corrected chi connectivity index (χ2v) is 8.32. The van der Waals surface area contributed by atoms with Gasteiger partial charge in [-0.25, -0.2) is 8.42 Å². The highest BCUT2D eigenvalue weighted by Crippen LogP contribution is 2.30. The van der Waals surface area contributed by atoms with E-state index in [9.17, 15) is 8.42 Å². The van der Waals surface area contributed by atoms with E-state index in [-0.39, 0.29) is 25.4 Å². The molecule has 0 aliphatic carbocycles. The third-order valence-corrected chi connectivity index (χ3v) is 6.25. The van der Waals surface area contributed by atoms with Crippen molar-refractivity contribution < 1.29 is 27.4 Å². The van der Waals surface area contributed by atoms with E-state index in [2.05, 4.69) is 0 Å². The fourth-order valence-corrected chi connectivity index (χ4v) is 4.10. The molecule has 8 nitrogen and oxygen atoms in total. The molecule has 0 atom stereocenters. The van der Waals surface area contributed by atoms with Crippen molar-refractivity contribution >= 4 is 10.0 Å². The summed E-state index contributed by atoms with van der Waals surface area (Å²) in [6.45, 7) is 0.258. The Hall–Kier alpha value is -2.49. The largest absolute Gasteiger partial charge is 0.497 e. The van der Waals surface area contributed by atoms with Crippen LogP contribution in [0.3, 0.4) is 0 Å². The van der Waals surface area contributed by atoms with Crippen molar-refractivity contribution in [1.29, 1.82) is 0 Å². The molecule has 2 N–H and O–H groups in total. The Labute approximate surface area is 172 Å². The number of hydrogen-bond donors (Lipinski definition) is 1. The summed E-state index contributed by atoms with van der Waals surface area (Å²) in [5.74, 6) is 2.17. The monoisotopic (exact) mass is 424 g/mol. The maximum atomic E-state index is 12.9. The lowest BCUT2D eigenvalue weighted by Crippen LogP contribution is -2.34. The van der Waals surface area contributed by atoms with E-state index < -0.39 is 10.0 Å². The number of nitrogens with two attached hydrogens (primary N) is 1. The van der Waals surface area contributed by atoms with Gasteiger partial charge in [-0.2, -0.15) is 4.31 Å². The van der Waals surface area contributed by atoms with Gasteiger partial charge in [0, 0.05) is 42.9 Å². The standard InChI is InChI=1S/C20H28N2O6S/c1-25-17-7-5-15(19(11-17)27-3)13-22(29(23,24)10-9-21)14-16-6-8-18(26-2)12-20(16)28-4/h5-8,11-12H,9-10,13-14,21H2,1-4H3. The van der Waals surface area contributed by atoms with Crippen molar-refractivity contribution in [2.75, 3.05) is 40.7 Å². The van der Waals surface area contributed by atoms with Crippen molar-refractivity contribution in [3.63, 3.8) is 0 Å². The maximum absolute atomic E-state index is 12.9. The van der Waals surface area contributed by atoms with E-state index in [4.69, 9.17) is 24.7 Å². The van der Waals surface area contributed by atoms with Gasteiger partial charge in [0.1, 0.15) is 23.0 Å². The van der Waals surface area contributed by atoms with Crippen LogP contribution in [0.15, 0.2) is 36.4 Å². The number of benzene rings is 2. The first-order chi connectivity index (χ1) is 13.9. The molecule has 0 radical (unpaired) electrons. The lowest BCUT2D eigenvalue weighted by Gasteiger charge is -2.24. The number of ether oxygens (including phenoxy) is 4. The molecule has 160 valence electrons. The van der Waals surface area contributed by atoms with Crippen molar-refractivity contribution in [3.05, 3.63) is 47.5 Å². The first kappa shape index (κ1) is 22.8. The number of hydrogen-bond acceptors (Lipinski definition) is 7. The summed E-state index contributed by atoms with van der Waals surface area (Å²) in [6.07, 6.45) is 0. The molecule has 0 aliphatic heterocycles. The second-order valence-electron chi connectivity index (χ2n) is 6.23. The predicted octanol–water partition coefficient (Wildman–Crippen LogP) is 2.01. The van der Waals surface area contributed by atoms with Crippen LogP contribution in [-0.2, 0) is 23.1 Å². The fraction of sp³-hybridized carbons (Fsp3) is 0.400. The van der Waals surface area contributed by atoms with E-state index in [1.807, 2.05) is 0 Å². The van der Waals surface area contributed by atoms with Gasteiger partial charge in [-0.1, -0.05) is 12.1 Å². The quantitative estimate of drug-likeness (QED) is 0.589. The van der Waals surface area contributed by atoms with Crippen LogP contribution in [0, 0.1) is 0 Å². The molecule has 0 saturated carbocycles. The molecule has 29 heavy (non-hydrogen) atoms. The Balaban J connectivity index is 2.42. The van der Waals surface area contributed by atoms with E-state index >= 15 is 0 Å². The molecular formula is C20H28N2O6S. The smallest absolute Gasteiger partial charge is 0.215 e. The van der Waals surface area contributed by atoms with Crippen LogP contribution >= 0.6 is 0 Å². The van der Waals surface area contributed by atoms with Crippen molar-refractivity contribution in [3.8, 4) is 23.0 Å². The molecule has 0 aromatic heterocycles. The summed E-state index contributed by atoms with van der Waals surface area (Å²) in [6, 6.07) is 10.5. The Kier molecular flexibility index (Phi) is 8.12. The molecule has 0 amide bonds. The molecule has 2 aromatic carbocycles. The fourth-order valence-electron chi connectivity index (χ4n) is 2.88. The highest BCUT2D eigenvalue weighted by Gasteiger charge is 2.25.